The second kappa shape index (κ2) is 4.30. The third-order valence-electron chi connectivity index (χ3n) is 4.83. The number of aryl methyl sites for hydroxylation is 2. The molecule has 2 aromatic rings. The Morgan fingerprint density at radius 3 is 3.00 bits per heavy atom. The molecule has 0 N–H and O–H groups in total. The van der Waals surface area contributed by atoms with E-state index in [1.807, 2.05) is 19.3 Å². The number of aromatic nitrogens is 2. The lowest BCUT2D eigenvalue weighted by Gasteiger charge is -2.13. The topological polar surface area (TPSA) is 34.9 Å². The summed E-state index contributed by atoms with van der Waals surface area (Å²) in [6, 6.07) is 10.6. The number of fused-ring (bicyclic) bond motifs is 3. The van der Waals surface area contributed by atoms with Crippen molar-refractivity contribution < 1.29 is 4.79 Å². The van der Waals surface area contributed by atoms with E-state index in [0.717, 1.165) is 12.1 Å². The molecule has 1 aromatic carbocycles. The molecule has 1 saturated carbocycles. The number of ketones is 1. The van der Waals surface area contributed by atoms with Crippen LogP contribution in [0.1, 0.15) is 29.2 Å². The van der Waals surface area contributed by atoms with Gasteiger partial charge in [-0.1, -0.05) is 24.3 Å². The lowest BCUT2D eigenvalue weighted by atomic mass is 9.92. The maximum Gasteiger partial charge on any atom is 0.142 e. The van der Waals surface area contributed by atoms with Crippen LogP contribution >= 0.6 is 0 Å². The molecule has 3 nitrogen and oxygen atoms in total. The minimum absolute atomic E-state index is 0.237. The van der Waals surface area contributed by atoms with Crippen molar-refractivity contribution in [1.82, 2.24) is 9.78 Å². The van der Waals surface area contributed by atoms with Gasteiger partial charge in [0.15, 0.2) is 0 Å². The molecule has 4 rings (SSSR count). The fourth-order valence-electron chi connectivity index (χ4n) is 3.86. The molecule has 1 fully saturated rings. The van der Waals surface area contributed by atoms with Crippen molar-refractivity contribution in [3.05, 3.63) is 53.3 Å². The van der Waals surface area contributed by atoms with Crippen molar-refractivity contribution in [2.24, 2.45) is 18.9 Å². The van der Waals surface area contributed by atoms with E-state index in [1.54, 1.807) is 4.68 Å². The minimum atomic E-state index is 0.237. The summed E-state index contributed by atoms with van der Waals surface area (Å²) in [6.45, 7) is 0. The van der Waals surface area contributed by atoms with Gasteiger partial charge in [-0.15, -0.1) is 0 Å². The molecule has 1 aromatic heterocycles. The average molecular weight is 266 g/mol. The summed E-state index contributed by atoms with van der Waals surface area (Å²) in [5.74, 6) is 1.67. The molecular formula is C17H18N2O. The maximum atomic E-state index is 12.5. The summed E-state index contributed by atoms with van der Waals surface area (Å²) in [4.78, 5) is 12.5. The first kappa shape index (κ1) is 11.9. The summed E-state index contributed by atoms with van der Waals surface area (Å²) in [5, 5.41) is 4.32. The fourth-order valence-corrected chi connectivity index (χ4v) is 3.86. The van der Waals surface area contributed by atoms with E-state index in [1.165, 1.54) is 17.5 Å². The van der Waals surface area contributed by atoms with E-state index >= 15 is 0 Å². The van der Waals surface area contributed by atoms with Crippen LogP contribution in [0.4, 0.5) is 0 Å². The number of nitrogens with zero attached hydrogens (tertiary/aromatic N) is 2. The van der Waals surface area contributed by atoms with Gasteiger partial charge >= 0.3 is 0 Å². The molecule has 102 valence electrons. The van der Waals surface area contributed by atoms with Crippen molar-refractivity contribution >= 4 is 5.78 Å². The summed E-state index contributed by atoms with van der Waals surface area (Å²) in [5.41, 5.74) is 3.76. The van der Waals surface area contributed by atoms with E-state index in [4.69, 9.17) is 0 Å². The number of hydrogen-bond donors (Lipinski definition) is 0. The number of rotatable bonds is 3. The Kier molecular flexibility index (Phi) is 2.56. The molecule has 3 unspecified atom stereocenters. The number of carbonyl (C=O) groups is 1. The van der Waals surface area contributed by atoms with Gasteiger partial charge in [-0.3, -0.25) is 9.48 Å². The standard InChI is InChI=1S/C17H18N2O/c1-19-9-8-12(18-19)10-15(20)17-14-7-6-11-4-2-3-5-13(11)16(14)17/h2-5,8-9,14,16-17H,6-7,10H2,1H3. The number of carbonyl (C=O) groups excluding carboxylic acids is 1. The zero-order valence-corrected chi connectivity index (χ0v) is 11.6. The van der Waals surface area contributed by atoms with E-state index in [9.17, 15) is 4.79 Å². The zero-order chi connectivity index (χ0) is 13.7. The predicted octanol–water partition coefficient (Wildman–Crippen LogP) is 2.51. The monoisotopic (exact) mass is 266 g/mol. The molecule has 20 heavy (non-hydrogen) atoms. The van der Waals surface area contributed by atoms with E-state index in [-0.39, 0.29) is 5.92 Å². The third-order valence-corrected chi connectivity index (χ3v) is 4.83. The van der Waals surface area contributed by atoms with E-state index in [2.05, 4.69) is 29.4 Å². The maximum absolute atomic E-state index is 12.5. The molecule has 0 saturated heterocycles. The van der Waals surface area contributed by atoms with Crippen LogP contribution in [0, 0.1) is 11.8 Å². The van der Waals surface area contributed by atoms with Gasteiger partial charge < -0.3 is 0 Å². The van der Waals surface area contributed by atoms with Gasteiger partial charge in [0.25, 0.3) is 0 Å². The molecule has 0 bridgehead atoms. The van der Waals surface area contributed by atoms with Gasteiger partial charge in [-0.2, -0.15) is 5.10 Å². The van der Waals surface area contributed by atoms with E-state index in [0.29, 0.717) is 24.0 Å². The Hall–Kier alpha value is -1.90. The predicted molar refractivity (Wildman–Crippen MR) is 76.4 cm³/mol. The van der Waals surface area contributed by atoms with Crippen molar-refractivity contribution in [3.8, 4) is 0 Å². The lowest BCUT2D eigenvalue weighted by Crippen LogP contribution is -2.08. The second-order valence-electron chi connectivity index (χ2n) is 6.08. The van der Waals surface area contributed by atoms with Crippen LogP contribution in [0.5, 0.6) is 0 Å². The Bertz CT molecular complexity index is 673. The molecule has 0 amide bonds. The summed E-state index contributed by atoms with van der Waals surface area (Å²) < 4.78 is 1.76. The van der Waals surface area contributed by atoms with Crippen LogP contribution in [-0.4, -0.2) is 15.6 Å². The summed E-state index contributed by atoms with van der Waals surface area (Å²) >= 11 is 0. The molecule has 3 atom stereocenters. The Labute approximate surface area is 118 Å². The Balaban J connectivity index is 1.53. The fraction of sp³-hybridized carbons (Fsp3) is 0.412. The van der Waals surface area contributed by atoms with Crippen molar-refractivity contribution in [3.63, 3.8) is 0 Å². The Morgan fingerprint density at radius 2 is 2.20 bits per heavy atom. The molecule has 1 heterocycles. The molecule has 2 aliphatic carbocycles. The third kappa shape index (κ3) is 1.80. The van der Waals surface area contributed by atoms with Crippen LogP contribution in [0.2, 0.25) is 0 Å². The van der Waals surface area contributed by atoms with Crippen LogP contribution in [0.25, 0.3) is 0 Å². The largest absolute Gasteiger partial charge is 0.299 e. The van der Waals surface area contributed by atoms with Gasteiger partial charge in [0, 0.05) is 19.2 Å². The highest BCUT2D eigenvalue weighted by Gasteiger charge is 2.56. The van der Waals surface area contributed by atoms with Crippen molar-refractivity contribution in [2.45, 2.75) is 25.2 Å². The van der Waals surface area contributed by atoms with Gasteiger partial charge in [-0.25, -0.2) is 0 Å². The van der Waals surface area contributed by atoms with E-state index < -0.39 is 0 Å². The van der Waals surface area contributed by atoms with Crippen LogP contribution in [0.3, 0.4) is 0 Å². The quantitative estimate of drug-likeness (QED) is 0.855. The molecule has 0 radical (unpaired) electrons. The Morgan fingerprint density at radius 1 is 1.35 bits per heavy atom. The molecule has 2 aliphatic rings. The average Bonchev–Trinajstić information content (AvgIpc) is 3.08. The molecule has 3 heteroatoms. The SMILES string of the molecule is Cn1ccc(CC(=O)C2C3CCc4ccccc4C32)n1. The summed E-state index contributed by atoms with van der Waals surface area (Å²) in [6.07, 6.45) is 4.68. The highest BCUT2D eigenvalue weighted by Crippen LogP contribution is 2.60. The number of benzene rings is 1. The van der Waals surface area contributed by atoms with Crippen LogP contribution in [-0.2, 0) is 24.7 Å². The van der Waals surface area contributed by atoms with Crippen LogP contribution in [0.15, 0.2) is 36.5 Å². The minimum Gasteiger partial charge on any atom is -0.299 e. The highest BCUT2D eigenvalue weighted by atomic mass is 16.1. The summed E-state index contributed by atoms with van der Waals surface area (Å²) in [7, 11) is 1.89. The first-order chi connectivity index (χ1) is 9.74. The van der Waals surface area contributed by atoms with Gasteiger partial charge in [-0.05, 0) is 41.9 Å². The molecular weight excluding hydrogens is 248 g/mol. The first-order valence-electron chi connectivity index (χ1n) is 7.33. The van der Waals surface area contributed by atoms with Crippen molar-refractivity contribution in [1.29, 1.82) is 0 Å². The molecule has 0 aliphatic heterocycles. The molecule has 0 spiro atoms. The highest BCUT2D eigenvalue weighted by molar-refractivity contribution is 5.87. The van der Waals surface area contributed by atoms with Gasteiger partial charge in [0.05, 0.1) is 12.1 Å². The van der Waals surface area contributed by atoms with Crippen molar-refractivity contribution in [2.75, 3.05) is 0 Å². The van der Waals surface area contributed by atoms with Gasteiger partial charge in [0.1, 0.15) is 5.78 Å². The smallest absolute Gasteiger partial charge is 0.142 e. The first-order valence-corrected chi connectivity index (χ1v) is 7.33. The second-order valence-corrected chi connectivity index (χ2v) is 6.08. The normalized spacial score (nSPS) is 26.8. The number of hydrogen-bond acceptors (Lipinski definition) is 2. The number of Topliss-reactive ketones (excluding diaryl/α,β-unsaturated/α-hetero) is 1. The zero-order valence-electron chi connectivity index (χ0n) is 11.6. The van der Waals surface area contributed by atoms with Gasteiger partial charge in [0.2, 0.25) is 0 Å². The van der Waals surface area contributed by atoms with Crippen LogP contribution < -0.4 is 0 Å². The lowest BCUT2D eigenvalue weighted by molar-refractivity contribution is -0.120.